The van der Waals surface area contributed by atoms with Gasteiger partial charge in [0, 0.05) is 24.5 Å². The van der Waals surface area contributed by atoms with E-state index in [1.54, 1.807) is 25.1 Å². The van der Waals surface area contributed by atoms with Crippen LogP contribution in [0.1, 0.15) is 38.4 Å². The molecule has 2 amide bonds. The number of halogens is 2. The number of aryl methyl sites for hydroxylation is 1. The molecule has 2 fully saturated rings. The van der Waals surface area contributed by atoms with E-state index in [-0.39, 0.29) is 40.5 Å². The third kappa shape index (κ3) is 4.68. The topological polar surface area (TPSA) is 139 Å². The van der Waals surface area contributed by atoms with Crippen LogP contribution < -0.4 is 15.4 Å². The summed E-state index contributed by atoms with van der Waals surface area (Å²) in [7, 11) is 0. The molecule has 5 rings (SSSR count). The quantitative estimate of drug-likeness (QED) is 0.350. The number of nitrogens with one attached hydrogen (secondary N) is 3. The van der Waals surface area contributed by atoms with Crippen molar-refractivity contribution in [1.82, 2.24) is 15.6 Å². The van der Waals surface area contributed by atoms with Crippen molar-refractivity contribution in [3.63, 3.8) is 0 Å². The minimum Gasteiger partial charge on any atom is -0.488 e. The van der Waals surface area contributed by atoms with E-state index < -0.39 is 23.7 Å². The first-order chi connectivity index (χ1) is 17.7. The third-order valence-corrected chi connectivity index (χ3v) is 7.49. The number of cyclic esters (lactones) is 1. The molecule has 2 unspecified atom stereocenters. The first-order valence-corrected chi connectivity index (χ1v) is 12.3. The normalized spacial score (nSPS) is 21.1. The standard InChI is InChI=1S/C25H23Cl2N3O7/c1-12-18-16(8-17(19(26)20(18)27)36-10-15-9-28-24(34)37-15)29-21(12)22(31)30-25(6-7-35-11-25)14-4-2-13(3-5-14)23(32)33/h2-5,8,15,29H,6-7,9-11H2,1H3,(H,28,34)(H,30,31)(H,32,33). The molecule has 0 bridgehead atoms. The number of rotatable bonds is 7. The van der Waals surface area contributed by atoms with Crippen LogP contribution in [0.3, 0.4) is 0 Å². The van der Waals surface area contributed by atoms with Gasteiger partial charge in [0.2, 0.25) is 0 Å². The molecule has 2 aliphatic heterocycles. The number of hydrogen-bond acceptors (Lipinski definition) is 6. The molecule has 0 aliphatic carbocycles. The Morgan fingerprint density at radius 2 is 2.00 bits per heavy atom. The second-order valence-electron chi connectivity index (χ2n) is 8.99. The lowest BCUT2D eigenvalue weighted by Gasteiger charge is -2.29. The number of benzene rings is 2. The van der Waals surface area contributed by atoms with Gasteiger partial charge in [-0.05, 0) is 30.2 Å². The first-order valence-electron chi connectivity index (χ1n) is 11.5. The summed E-state index contributed by atoms with van der Waals surface area (Å²) in [5, 5.41) is 15.8. The number of carbonyl (C=O) groups is 3. The third-order valence-electron chi connectivity index (χ3n) is 6.64. The largest absolute Gasteiger partial charge is 0.488 e. The van der Waals surface area contributed by atoms with Gasteiger partial charge in [-0.3, -0.25) is 4.79 Å². The Labute approximate surface area is 221 Å². The molecule has 3 heterocycles. The Morgan fingerprint density at radius 3 is 2.62 bits per heavy atom. The van der Waals surface area contributed by atoms with Crippen LogP contribution in [0.4, 0.5) is 4.79 Å². The van der Waals surface area contributed by atoms with Gasteiger partial charge < -0.3 is 34.9 Å². The fraction of sp³-hybridized carbons (Fsp3) is 0.320. The number of aromatic nitrogens is 1. The number of H-pyrrole nitrogens is 1. The molecule has 2 atom stereocenters. The lowest BCUT2D eigenvalue weighted by atomic mass is 9.88. The number of alkyl carbamates (subject to hydrolysis) is 1. The highest BCUT2D eigenvalue weighted by molar-refractivity contribution is 6.46. The van der Waals surface area contributed by atoms with Crippen molar-refractivity contribution in [1.29, 1.82) is 0 Å². The highest BCUT2D eigenvalue weighted by Gasteiger charge is 2.39. The number of carboxylic acids is 1. The zero-order valence-electron chi connectivity index (χ0n) is 19.7. The monoisotopic (exact) mass is 547 g/mol. The van der Waals surface area contributed by atoms with Crippen LogP contribution in [0.25, 0.3) is 10.9 Å². The molecule has 4 N–H and O–H groups in total. The van der Waals surface area contributed by atoms with Crippen LogP contribution in [0, 0.1) is 6.92 Å². The van der Waals surface area contributed by atoms with E-state index in [2.05, 4.69) is 15.6 Å². The molecule has 12 heteroatoms. The Hall–Kier alpha value is -3.47. The van der Waals surface area contributed by atoms with E-state index in [9.17, 15) is 19.5 Å². The molecule has 194 valence electrons. The van der Waals surface area contributed by atoms with Gasteiger partial charge in [-0.2, -0.15) is 0 Å². The summed E-state index contributed by atoms with van der Waals surface area (Å²) in [4.78, 5) is 39.1. The van der Waals surface area contributed by atoms with Crippen molar-refractivity contribution in [2.24, 2.45) is 0 Å². The SMILES string of the molecule is Cc1c(C(=O)NC2(c3ccc(C(=O)O)cc3)CCOC2)[nH]c2cc(OCC3CNC(=O)O3)c(Cl)c(Cl)c12. The van der Waals surface area contributed by atoms with E-state index in [0.717, 1.165) is 5.56 Å². The van der Waals surface area contributed by atoms with E-state index in [1.165, 1.54) is 12.1 Å². The van der Waals surface area contributed by atoms with Crippen LogP contribution in [0.15, 0.2) is 30.3 Å². The second-order valence-corrected chi connectivity index (χ2v) is 9.75. The second kappa shape index (κ2) is 9.77. The van der Waals surface area contributed by atoms with E-state index in [0.29, 0.717) is 41.7 Å². The lowest BCUT2D eigenvalue weighted by Crippen LogP contribution is -2.46. The van der Waals surface area contributed by atoms with Gasteiger partial charge in [-0.1, -0.05) is 35.3 Å². The van der Waals surface area contributed by atoms with Crippen molar-refractivity contribution >= 4 is 52.1 Å². The van der Waals surface area contributed by atoms with Gasteiger partial charge in [0.05, 0.1) is 34.8 Å². The Bertz CT molecular complexity index is 1400. The number of ether oxygens (including phenoxy) is 3. The van der Waals surface area contributed by atoms with Crippen LogP contribution in [-0.4, -0.2) is 60.5 Å². The molecule has 37 heavy (non-hydrogen) atoms. The van der Waals surface area contributed by atoms with E-state index in [4.69, 9.17) is 37.4 Å². The number of carbonyl (C=O) groups excluding carboxylic acids is 2. The summed E-state index contributed by atoms with van der Waals surface area (Å²) in [6.07, 6.45) is -0.443. The Balaban J connectivity index is 1.42. The van der Waals surface area contributed by atoms with Crippen molar-refractivity contribution in [2.45, 2.75) is 25.0 Å². The number of amides is 2. The highest BCUT2D eigenvalue weighted by Crippen LogP contribution is 2.41. The Morgan fingerprint density at radius 1 is 1.24 bits per heavy atom. The van der Waals surface area contributed by atoms with Crippen LogP contribution in [0.2, 0.25) is 10.0 Å². The summed E-state index contributed by atoms with van der Waals surface area (Å²) in [5.74, 6) is -1.12. The van der Waals surface area contributed by atoms with Crippen LogP contribution >= 0.6 is 23.2 Å². The molecule has 3 aromatic rings. The molecule has 0 saturated carbocycles. The summed E-state index contributed by atoms with van der Waals surface area (Å²) in [6, 6.07) is 8.03. The first kappa shape index (κ1) is 25.2. The number of fused-ring (bicyclic) bond motifs is 1. The maximum atomic E-state index is 13.5. The highest BCUT2D eigenvalue weighted by atomic mass is 35.5. The molecule has 10 nitrogen and oxygen atoms in total. The number of aromatic carboxylic acids is 1. The molecular formula is C25H23Cl2N3O7. The summed E-state index contributed by atoms with van der Waals surface area (Å²) in [6.45, 7) is 2.86. The number of aromatic amines is 1. The van der Waals surface area contributed by atoms with Gasteiger partial charge in [0.25, 0.3) is 5.91 Å². The van der Waals surface area contributed by atoms with Gasteiger partial charge in [0.15, 0.2) is 6.10 Å². The van der Waals surface area contributed by atoms with Gasteiger partial charge in [-0.25, -0.2) is 9.59 Å². The van der Waals surface area contributed by atoms with Crippen LogP contribution in [0.5, 0.6) is 5.75 Å². The minimum absolute atomic E-state index is 0.0799. The number of carboxylic acid groups (broad SMARTS) is 1. The fourth-order valence-electron chi connectivity index (χ4n) is 4.64. The molecule has 2 saturated heterocycles. The molecule has 0 radical (unpaired) electrons. The summed E-state index contributed by atoms with van der Waals surface area (Å²) < 4.78 is 16.4. The van der Waals surface area contributed by atoms with Crippen molar-refractivity contribution < 1.29 is 33.7 Å². The average Bonchev–Trinajstić information content (AvgIpc) is 3.60. The average molecular weight is 548 g/mol. The van der Waals surface area contributed by atoms with Crippen molar-refractivity contribution in [3.8, 4) is 5.75 Å². The fourth-order valence-corrected chi connectivity index (χ4v) is 5.18. The van der Waals surface area contributed by atoms with Gasteiger partial charge in [-0.15, -0.1) is 0 Å². The summed E-state index contributed by atoms with van der Waals surface area (Å²) >= 11 is 13.0. The van der Waals surface area contributed by atoms with Gasteiger partial charge >= 0.3 is 12.1 Å². The van der Waals surface area contributed by atoms with Crippen molar-refractivity contribution in [2.75, 3.05) is 26.4 Å². The summed E-state index contributed by atoms with van der Waals surface area (Å²) in [5.41, 5.74) is 1.54. The lowest BCUT2D eigenvalue weighted by molar-refractivity contribution is 0.0696. The Kier molecular flexibility index (Phi) is 6.65. The van der Waals surface area contributed by atoms with E-state index in [1.807, 2.05) is 0 Å². The predicted molar refractivity (Wildman–Crippen MR) is 135 cm³/mol. The maximum Gasteiger partial charge on any atom is 0.407 e. The van der Waals surface area contributed by atoms with Gasteiger partial charge in [0.1, 0.15) is 23.1 Å². The molecule has 1 aromatic heterocycles. The van der Waals surface area contributed by atoms with E-state index >= 15 is 0 Å². The molecular weight excluding hydrogens is 525 g/mol. The zero-order valence-corrected chi connectivity index (χ0v) is 21.2. The van der Waals surface area contributed by atoms with Crippen LogP contribution in [-0.2, 0) is 15.0 Å². The smallest absolute Gasteiger partial charge is 0.407 e. The number of hydrogen-bond donors (Lipinski definition) is 4. The van der Waals surface area contributed by atoms with Crippen molar-refractivity contribution in [3.05, 3.63) is 62.8 Å². The molecule has 2 aliphatic rings. The zero-order chi connectivity index (χ0) is 26.3. The maximum absolute atomic E-state index is 13.5. The minimum atomic E-state index is -1.03. The molecule has 0 spiro atoms. The molecule has 2 aromatic carbocycles. The predicted octanol–water partition coefficient (Wildman–Crippen LogP) is 4.01.